The van der Waals surface area contributed by atoms with E-state index in [9.17, 15) is 22.8 Å². The van der Waals surface area contributed by atoms with Crippen LogP contribution < -0.4 is 15.4 Å². The summed E-state index contributed by atoms with van der Waals surface area (Å²) >= 11 is 0. The minimum atomic E-state index is -3.96. The Kier molecular flexibility index (Phi) is 7.71. The summed E-state index contributed by atoms with van der Waals surface area (Å²) in [5.41, 5.74) is 0.841. The minimum Gasteiger partial charge on any atom is -0.451 e. The Morgan fingerprint density at radius 1 is 1.04 bits per heavy atom. The molecule has 3 N–H and O–H groups in total. The van der Waals surface area contributed by atoms with Gasteiger partial charge in [-0.2, -0.15) is 4.72 Å². The fraction of sp³-hybridized carbons (Fsp3) is 0.500. The third-order valence-electron chi connectivity index (χ3n) is 3.84. The lowest BCUT2D eigenvalue weighted by Gasteiger charge is -2.20. The number of amides is 3. The number of urea groups is 1. The summed E-state index contributed by atoms with van der Waals surface area (Å²) in [5.74, 6) is -1.78. The number of carbonyl (C=O) groups is 3. The minimum absolute atomic E-state index is 0.00515. The molecule has 1 aromatic carbocycles. The van der Waals surface area contributed by atoms with Crippen LogP contribution in [0.15, 0.2) is 29.2 Å². The van der Waals surface area contributed by atoms with Crippen LogP contribution in [0.4, 0.5) is 4.79 Å². The van der Waals surface area contributed by atoms with Crippen LogP contribution in [0, 0.1) is 0 Å². The molecule has 0 bridgehead atoms. The SMILES string of the molecule is CNC(=O)NC(=O)[C@H](C)OC(=O)[C@H](C)NS(=O)(=O)c1ccc(C(C)(C)C)cc1. The Labute approximate surface area is 165 Å². The third kappa shape index (κ3) is 6.61. The van der Waals surface area contributed by atoms with E-state index in [1.807, 2.05) is 26.1 Å². The van der Waals surface area contributed by atoms with Gasteiger partial charge in [-0.1, -0.05) is 32.9 Å². The molecule has 156 valence electrons. The fourth-order valence-electron chi connectivity index (χ4n) is 2.09. The average molecular weight is 413 g/mol. The van der Waals surface area contributed by atoms with E-state index in [1.54, 1.807) is 12.1 Å². The van der Waals surface area contributed by atoms with Crippen molar-refractivity contribution in [1.82, 2.24) is 15.4 Å². The molecule has 0 radical (unpaired) electrons. The molecule has 0 aliphatic carbocycles. The van der Waals surface area contributed by atoms with Gasteiger partial charge in [-0.3, -0.25) is 14.9 Å². The number of carbonyl (C=O) groups excluding carboxylic acids is 3. The monoisotopic (exact) mass is 413 g/mol. The van der Waals surface area contributed by atoms with Crippen molar-refractivity contribution in [3.05, 3.63) is 29.8 Å². The second-order valence-corrected chi connectivity index (χ2v) is 8.98. The second-order valence-electron chi connectivity index (χ2n) is 7.26. The molecule has 0 aliphatic heterocycles. The maximum absolute atomic E-state index is 12.5. The first-order chi connectivity index (χ1) is 12.8. The third-order valence-corrected chi connectivity index (χ3v) is 5.40. The summed E-state index contributed by atoms with van der Waals surface area (Å²) < 4.78 is 32.0. The molecule has 0 unspecified atom stereocenters. The zero-order chi connectivity index (χ0) is 21.7. The molecule has 2 atom stereocenters. The Bertz CT molecular complexity index is 828. The zero-order valence-corrected chi connectivity index (χ0v) is 17.6. The highest BCUT2D eigenvalue weighted by molar-refractivity contribution is 7.89. The lowest BCUT2D eigenvalue weighted by atomic mass is 9.87. The summed E-state index contributed by atoms with van der Waals surface area (Å²) in [6.07, 6.45) is -1.28. The number of nitrogens with one attached hydrogen (secondary N) is 3. The molecule has 0 fully saturated rings. The number of hydrogen-bond acceptors (Lipinski definition) is 6. The number of sulfonamides is 1. The molecule has 9 nitrogen and oxygen atoms in total. The van der Waals surface area contributed by atoms with Gasteiger partial charge in [0, 0.05) is 7.05 Å². The van der Waals surface area contributed by atoms with Crippen LogP contribution >= 0.6 is 0 Å². The maximum atomic E-state index is 12.5. The first-order valence-corrected chi connectivity index (χ1v) is 10.1. The quantitative estimate of drug-likeness (QED) is 0.597. The van der Waals surface area contributed by atoms with Crippen molar-refractivity contribution < 1.29 is 27.5 Å². The predicted molar refractivity (Wildman–Crippen MR) is 103 cm³/mol. The van der Waals surface area contributed by atoms with Crippen molar-refractivity contribution in [2.24, 2.45) is 0 Å². The summed E-state index contributed by atoms with van der Waals surface area (Å²) in [6, 6.07) is 4.36. The standard InChI is InChI=1S/C18H27N3O6S/c1-11(16(23)27-12(2)15(22)20-17(24)19-6)21-28(25,26)14-9-7-13(8-10-14)18(3,4)5/h7-12,21H,1-6H3,(H2,19,20,22,24)/t11-,12-/m0/s1. The zero-order valence-electron chi connectivity index (χ0n) is 16.8. The number of ether oxygens (including phenoxy) is 1. The lowest BCUT2D eigenvalue weighted by molar-refractivity contribution is -0.155. The molecule has 0 heterocycles. The molecule has 0 spiro atoms. The number of imide groups is 1. The Morgan fingerprint density at radius 2 is 1.57 bits per heavy atom. The van der Waals surface area contributed by atoms with Crippen molar-refractivity contribution in [3.63, 3.8) is 0 Å². The van der Waals surface area contributed by atoms with Gasteiger partial charge in [0.1, 0.15) is 6.04 Å². The number of rotatable bonds is 6. The van der Waals surface area contributed by atoms with Crippen molar-refractivity contribution >= 4 is 27.9 Å². The van der Waals surface area contributed by atoms with Gasteiger partial charge in [0.15, 0.2) is 6.10 Å². The van der Waals surface area contributed by atoms with Crippen molar-refractivity contribution in [3.8, 4) is 0 Å². The second kappa shape index (κ2) is 9.16. The van der Waals surface area contributed by atoms with E-state index in [4.69, 9.17) is 4.74 Å². The van der Waals surface area contributed by atoms with Crippen LogP contribution in [0.3, 0.4) is 0 Å². The predicted octanol–water partition coefficient (Wildman–Crippen LogP) is 1.04. The van der Waals surface area contributed by atoms with E-state index in [1.165, 1.54) is 33.0 Å². The van der Waals surface area contributed by atoms with Crippen LogP contribution in [-0.4, -0.2) is 45.5 Å². The molecule has 0 saturated heterocycles. The molecular formula is C18H27N3O6S. The van der Waals surface area contributed by atoms with Crippen LogP contribution in [0.2, 0.25) is 0 Å². The summed E-state index contributed by atoms with van der Waals surface area (Å²) in [5, 5.41) is 4.15. The van der Waals surface area contributed by atoms with Crippen LogP contribution in [0.5, 0.6) is 0 Å². The normalized spacial score (nSPS) is 13.9. The highest BCUT2D eigenvalue weighted by Gasteiger charge is 2.27. The molecule has 3 amide bonds. The fourth-order valence-corrected chi connectivity index (χ4v) is 3.28. The highest BCUT2D eigenvalue weighted by Crippen LogP contribution is 2.23. The lowest BCUT2D eigenvalue weighted by Crippen LogP contribution is -2.46. The highest BCUT2D eigenvalue weighted by atomic mass is 32.2. The number of benzene rings is 1. The topological polar surface area (TPSA) is 131 Å². The molecule has 28 heavy (non-hydrogen) atoms. The molecule has 0 saturated carbocycles. The van der Waals surface area contributed by atoms with Gasteiger partial charge in [0.25, 0.3) is 5.91 Å². The van der Waals surface area contributed by atoms with Gasteiger partial charge in [0.2, 0.25) is 10.0 Å². The Balaban J connectivity index is 2.76. The van der Waals surface area contributed by atoms with Crippen molar-refractivity contribution in [2.75, 3.05) is 7.05 Å². The van der Waals surface area contributed by atoms with E-state index in [2.05, 4.69) is 10.0 Å². The van der Waals surface area contributed by atoms with Crippen LogP contribution in [0.25, 0.3) is 0 Å². The van der Waals surface area contributed by atoms with Gasteiger partial charge >= 0.3 is 12.0 Å². The first-order valence-electron chi connectivity index (χ1n) is 8.64. The van der Waals surface area contributed by atoms with E-state index >= 15 is 0 Å². The molecule has 0 aliphatic rings. The van der Waals surface area contributed by atoms with Gasteiger partial charge in [-0.05, 0) is 37.0 Å². The smallest absolute Gasteiger partial charge is 0.324 e. The van der Waals surface area contributed by atoms with Gasteiger partial charge in [-0.15, -0.1) is 0 Å². The Hall–Kier alpha value is -2.46. The molecule has 0 aromatic heterocycles. The largest absolute Gasteiger partial charge is 0.451 e. The molecule has 1 aromatic rings. The van der Waals surface area contributed by atoms with E-state index in [0.717, 1.165) is 5.56 Å². The Morgan fingerprint density at radius 3 is 2.04 bits per heavy atom. The maximum Gasteiger partial charge on any atom is 0.324 e. The van der Waals surface area contributed by atoms with Crippen LogP contribution in [-0.2, 0) is 29.8 Å². The number of esters is 1. The van der Waals surface area contributed by atoms with Crippen LogP contribution in [0.1, 0.15) is 40.2 Å². The van der Waals surface area contributed by atoms with E-state index in [-0.39, 0.29) is 10.3 Å². The molecule has 10 heteroatoms. The molecule has 1 rings (SSSR count). The van der Waals surface area contributed by atoms with E-state index < -0.39 is 40.1 Å². The van der Waals surface area contributed by atoms with Crippen molar-refractivity contribution in [2.45, 2.75) is 57.1 Å². The van der Waals surface area contributed by atoms with Gasteiger partial charge in [-0.25, -0.2) is 13.2 Å². The summed E-state index contributed by atoms with van der Waals surface area (Å²) in [7, 11) is -2.64. The van der Waals surface area contributed by atoms with Crippen molar-refractivity contribution in [1.29, 1.82) is 0 Å². The summed E-state index contributed by atoms with van der Waals surface area (Å²) in [4.78, 5) is 34.9. The first kappa shape index (κ1) is 23.6. The summed E-state index contributed by atoms with van der Waals surface area (Å²) in [6.45, 7) is 8.59. The van der Waals surface area contributed by atoms with Gasteiger partial charge in [0.05, 0.1) is 4.90 Å². The van der Waals surface area contributed by atoms with Gasteiger partial charge < -0.3 is 10.1 Å². The molecular weight excluding hydrogens is 386 g/mol. The van der Waals surface area contributed by atoms with E-state index in [0.29, 0.717) is 0 Å². The number of hydrogen-bond donors (Lipinski definition) is 3. The average Bonchev–Trinajstić information content (AvgIpc) is 2.60.